The second-order valence-electron chi connectivity index (χ2n) is 3.25. The Morgan fingerprint density at radius 2 is 1.50 bits per heavy atom. The van der Waals surface area contributed by atoms with Gasteiger partial charge in [-0.3, -0.25) is 9.11 Å². The molecule has 18 heavy (non-hydrogen) atoms. The third-order valence-electron chi connectivity index (χ3n) is 1.95. The number of nitrogens with two attached hydrogens (primary N) is 1. The van der Waals surface area contributed by atoms with E-state index in [2.05, 4.69) is 0 Å². The Hall–Kier alpha value is 1.11. The SMILES string of the molecule is N[C@@H]1[C@@H](O)[C@H](O)[C@@H](CO)O[C@H]1O.O=S(=O)(O)O.[Sr+2]. The van der Waals surface area contributed by atoms with Gasteiger partial charge in [-0.2, -0.15) is 8.42 Å². The zero-order chi connectivity index (χ0) is 13.8. The van der Waals surface area contributed by atoms with Crippen LogP contribution in [0.1, 0.15) is 0 Å². The van der Waals surface area contributed by atoms with Crippen LogP contribution in [-0.2, 0) is 15.1 Å². The van der Waals surface area contributed by atoms with Crippen molar-refractivity contribution in [3.8, 4) is 0 Å². The van der Waals surface area contributed by atoms with Crippen molar-refractivity contribution in [2.45, 2.75) is 30.6 Å². The number of aliphatic hydroxyl groups is 4. The van der Waals surface area contributed by atoms with Gasteiger partial charge in [0, 0.05) is 0 Å². The van der Waals surface area contributed by atoms with Crippen molar-refractivity contribution in [2.24, 2.45) is 5.73 Å². The van der Waals surface area contributed by atoms with Gasteiger partial charge in [0.15, 0.2) is 6.29 Å². The summed E-state index contributed by atoms with van der Waals surface area (Å²) in [6.45, 7) is -0.470. The molecule has 1 rings (SSSR count). The van der Waals surface area contributed by atoms with Crippen LogP contribution in [-0.4, -0.2) is 121 Å². The minimum Gasteiger partial charge on any atom is -0.394 e. The van der Waals surface area contributed by atoms with Gasteiger partial charge < -0.3 is 30.9 Å². The first kappa shape index (κ1) is 21.4. The molecule has 0 saturated carbocycles. The first-order valence-electron chi connectivity index (χ1n) is 4.34. The van der Waals surface area contributed by atoms with Crippen molar-refractivity contribution < 1.29 is 42.7 Å². The maximum atomic E-state index is 9.20. The number of ether oxygens (including phenoxy) is 1. The molecule has 0 aromatic rings. The summed E-state index contributed by atoms with van der Waals surface area (Å²) in [5.74, 6) is 0. The topological polar surface area (TPSA) is 191 Å². The Balaban J connectivity index is 0. The summed E-state index contributed by atoms with van der Waals surface area (Å²) in [5.41, 5.74) is 5.26. The van der Waals surface area contributed by atoms with Gasteiger partial charge in [-0.25, -0.2) is 0 Å². The van der Waals surface area contributed by atoms with Gasteiger partial charge in [-0.05, 0) is 0 Å². The quantitative estimate of drug-likeness (QED) is 0.177. The van der Waals surface area contributed by atoms with Crippen molar-refractivity contribution in [1.82, 2.24) is 0 Å². The zero-order valence-electron chi connectivity index (χ0n) is 9.19. The summed E-state index contributed by atoms with van der Waals surface area (Å²) in [5, 5.41) is 36.1. The van der Waals surface area contributed by atoms with E-state index in [-0.39, 0.29) is 45.5 Å². The summed E-state index contributed by atoms with van der Waals surface area (Å²) in [4.78, 5) is 0. The van der Waals surface area contributed by atoms with E-state index in [0.29, 0.717) is 0 Å². The Kier molecular flexibility index (Phi) is 10.8. The molecule has 0 radical (unpaired) electrons. The molecule has 0 aromatic heterocycles. The van der Waals surface area contributed by atoms with Crippen LogP contribution in [0.25, 0.3) is 0 Å². The summed E-state index contributed by atoms with van der Waals surface area (Å²) in [6, 6.07) is -1.04. The van der Waals surface area contributed by atoms with Gasteiger partial charge in [-0.1, -0.05) is 0 Å². The average Bonchev–Trinajstić information content (AvgIpc) is 2.18. The second kappa shape index (κ2) is 9.12. The maximum Gasteiger partial charge on any atom is 2.00 e. The molecule has 104 valence electrons. The minimum absolute atomic E-state index is 0. The molecule has 10 nitrogen and oxygen atoms in total. The molecule has 12 heteroatoms. The fourth-order valence-corrected chi connectivity index (χ4v) is 1.12. The Bertz CT molecular complexity index is 312. The van der Waals surface area contributed by atoms with E-state index >= 15 is 0 Å². The van der Waals surface area contributed by atoms with Crippen LogP contribution >= 0.6 is 0 Å². The molecule has 1 heterocycles. The third-order valence-corrected chi connectivity index (χ3v) is 1.95. The molecule has 0 spiro atoms. The standard InChI is InChI=1S/C6H13NO5.H2O4S.Sr/c7-3-5(10)4(9)2(1-8)12-6(3)11;1-5(2,3)4;/h2-6,8-11H,1,7H2;(H2,1,2,3,4);/q;;+2/t2-,3-,4-,5-,6-;;/m1../s1. The van der Waals surface area contributed by atoms with Gasteiger partial charge in [0.25, 0.3) is 0 Å². The molecular formula is C6H15NO9SSr+2. The summed E-state index contributed by atoms with van der Waals surface area (Å²) >= 11 is 0. The first-order valence-corrected chi connectivity index (χ1v) is 5.73. The van der Waals surface area contributed by atoms with Crippen molar-refractivity contribution >= 4 is 55.9 Å². The summed E-state index contributed by atoms with van der Waals surface area (Å²) < 4.78 is 36.3. The van der Waals surface area contributed by atoms with E-state index in [1.165, 1.54) is 0 Å². The predicted octanol–water partition coefficient (Wildman–Crippen LogP) is -4.29. The molecule has 5 atom stereocenters. The van der Waals surface area contributed by atoms with Crippen LogP contribution in [0, 0.1) is 0 Å². The summed E-state index contributed by atoms with van der Waals surface area (Å²) in [6.07, 6.45) is -4.85. The molecule has 8 N–H and O–H groups in total. The molecule has 1 aliphatic heterocycles. The molecule has 0 aromatic carbocycles. The maximum absolute atomic E-state index is 9.20. The van der Waals surface area contributed by atoms with Crippen LogP contribution < -0.4 is 5.73 Å². The molecule has 1 fully saturated rings. The van der Waals surface area contributed by atoms with Crippen molar-refractivity contribution in [2.75, 3.05) is 6.61 Å². The Morgan fingerprint density at radius 1 is 1.11 bits per heavy atom. The van der Waals surface area contributed by atoms with Crippen LogP contribution in [0.4, 0.5) is 0 Å². The largest absolute Gasteiger partial charge is 2.00 e. The summed E-state index contributed by atoms with van der Waals surface area (Å²) in [7, 11) is -4.67. The number of rotatable bonds is 1. The van der Waals surface area contributed by atoms with Gasteiger partial charge in [0.05, 0.1) is 12.6 Å². The molecule has 1 saturated heterocycles. The molecule has 0 amide bonds. The van der Waals surface area contributed by atoms with E-state index in [0.717, 1.165) is 0 Å². The van der Waals surface area contributed by atoms with E-state index in [9.17, 15) is 10.2 Å². The molecule has 0 aliphatic carbocycles. The Morgan fingerprint density at radius 3 is 1.83 bits per heavy atom. The normalized spacial score (nSPS) is 36.1. The van der Waals surface area contributed by atoms with E-state index in [1.54, 1.807) is 0 Å². The molecule has 0 bridgehead atoms. The molecular weight excluding hydrogens is 350 g/mol. The van der Waals surface area contributed by atoms with E-state index in [4.69, 9.17) is 38.2 Å². The minimum atomic E-state index is -4.67. The predicted molar refractivity (Wildman–Crippen MR) is 57.9 cm³/mol. The van der Waals surface area contributed by atoms with Gasteiger partial charge in [0.2, 0.25) is 0 Å². The van der Waals surface area contributed by atoms with Crippen molar-refractivity contribution in [1.29, 1.82) is 0 Å². The monoisotopic (exact) mass is 365 g/mol. The van der Waals surface area contributed by atoms with Gasteiger partial charge in [-0.15, -0.1) is 0 Å². The third kappa shape index (κ3) is 8.32. The number of hydrogen-bond donors (Lipinski definition) is 7. The fraction of sp³-hybridized carbons (Fsp3) is 1.00. The van der Waals surface area contributed by atoms with Gasteiger partial charge >= 0.3 is 55.9 Å². The van der Waals surface area contributed by atoms with Crippen molar-refractivity contribution in [3.63, 3.8) is 0 Å². The van der Waals surface area contributed by atoms with E-state index < -0.39 is 47.6 Å². The molecule has 0 unspecified atom stereocenters. The zero-order valence-corrected chi connectivity index (χ0v) is 13.5. The molecule has 1 aliphatic rings. The fourth-order valence-electron chi connectivity index (χ4n) is 1.12. The van der Waals surface area contributed by atoms with Crippen LogP contribution in [0.5, 0.6) is 0 Å². The van der Waals surface area contributed by atoms with Crippen molar-refractivity contribution in [3.05, 3.63) is 0 Å². The van der Waals surface area contributed by atoms with Crippen LogP contribution in [0.3, 0.4) is 0 Å². The Labute approximate surface area is 140 Å². The van der Waals surface area contributed by atoms with Crippen LogP contribution in [0.15, 0.2) is 0 Å². The van der Waals surface area contributed by atoms with Crippen LogP contribution in [0.2, 0.25) is 0 Å². The van der Waals surface area contributed by atoms with Gasteiger partial charge in [0.1, 0.15) is 18.3 Å². The first-order chi connectivity index (χ1) is 7.57. The van der Waals surface area contributed by atoms with E-state index in [1.807, 2.05) is 0 Å². The smallest absolute Gasteiger partial charge is 0.394 e. The number of hydrogen-bond acceptors (Lipinski definition) is 8. The average molecular weight is 365 g/mol. The second-order valence-corrected chi connectivity index (χ2v) is 4.15. The number of aliphatic hydroxyl groups excluding tert-OH is 4.